The second-order valence-electron chi connectivity index (χ2n) is 4.84. The lowest BCUT2D eigenvalue weighted by atomic mass is 10.1. The maximum absolute atomic E-state index is 12.5. The molecular weight excluding hydrogens is 334 g/mol. The van der Waals surface area contributed by atoms with Gasteiger partial charge in [0.05, 0.1) is 4.88 Å². The van der Waals surface area contributed by atoms with Crippen molar-refractivity contribution in [1.29, 1.82) is 0 Å². The summed E-state index contributed by atoms with van der Waals surface area (Å²) in [6.45, 7) is 2.01. The molecule has 0 aliphatic rings. The second kappa shape index (κ2) is 5.87. The Hall–Kier alpha value is -1.63. The average Bonchev–Trinajstić information content (AvgIpc) is 3.03. The Morgan fingerprint density at radius 2 is 1.95 bits per heavy atom. The van der Waals surface area contributed by atoms with Crippen LogP contribution in [-0.4, -0.2) is 26.0 Å². The van der Waals surface area contributed by atoms with Crippen molar-refractivity contribution in [3.63, 3.8) is 0 Å². The summed E-state index contributed by atoms with van der Waals surface area (Å²) in [6, 6.07) is 10.3. The van der Waals surface area contributed by atoms with Gasteiger partial charge in [-0.1, -0.05) is 24.0 Å². The van der Waals surface area contributed by atoms with Crippen molar-refractivity contribution in [2.24, 2.45) is 0 Å². The molecule has 1 N–H and O–H groups in total. The first-order chi connectivity index (χ1) is 10.5. The van der Waals surface area contributed by atoms with Crippen LogP contribution in [-0.2, 0) is 0 Å². The number of carbonyl (C=O) groups excluding carboxylic acids is 1. The highest BCUT2D eigenvalue weighted by atomic mass is 32.2. The Labute approximate surface area is 141 Å². The monoisotopic (exact) mass is 347 g/mol. The number of thioether (sulfide) groups is 1. The van der Waals surface area contributed by atoms with E-state index in [4.69, 9.17) is 12.2 Å². The number of phenolic OH excluding ortho intramolecular Hbond substituents is 1. The molecule has 0 saturated heterocycles. The van der Waals surface area contributed by atoms with Crippen molar-refractivity contribution >= 4 is 55.6 Å². The fourth-order valence-electron chi connectivity index (χ4n) is 2.31. The highest BCUT2D eigenvalue weighted by Crippen LogP contribution is 2.31. The van der Waals surface area contributed by atoms with E-state index in [9.17, 15) is 9.90 Å². The topological polar surface area (TPSA) is 42.2 Å². The van der Waals surface area contributed by atoms with Crippen LogP contribution in [0.15, 0.2) is 36.4 Å². The Balaban J connectivity index is 2.05. The van der Waals surface area contributed by atoms with Crippen LogP contribution in [0.2, 0.25) is 0 Å². The maximum Gasteiger partial charge on any atom is 0.203 e. The zero-order valence-corrected chi connectivity index (χ0v) is 14.4. The summed E-state index contributed by atoms with van der Waals surface area (Å²) in [4.78, 5) is 14.2. The fourth-order valence-corrected chi connectivity index (χ4v) is 4.24. The van der Waals surface area contributed by atoms with Gasteiger partial charge in [-0.25, -0.2) is 0 Å². The van der Waals surface area contributed by atoms with Gasteiger partial charge < -0.3 is 5.11 Å². The van der Waals surface area contributed by atoms with Crippen LogP contribution in [0.25, 0.3) is 10.2 Å². The summed E-state index contributed by atoms with van der Waals surface area (Å²) >= 11 is 8.35. The summed E-state index contributed by atoms with van der Waals surface area (Å²) in [5.74, 6) is 0.112. The second-order valence-corrected chi connectivity index (χ2v) is 7.31. The lowest BCUT2D eigenvalue weighted by Crippen LogP contribution is -2.04. The number of carbonyl (C=O) groups is 1. The molecule has 0 radical (unpaired) electrons. The standard InChI is InChI=1S/C16H13NO2S3/c1-9-7-11-8-13(22-15(11)17(9)16(20)21-2)14(19)10-3-5-12(18)6-4-10/h3-8,18H,1-2H3. The molecule has 0 unspecified atom stereocenters. The number of fused-ring (bicyclic) bond motifs is 1. The summed E-state index contributed by atoms with van der Waals surface area (Å²) in [5, 5.41) is 10.3. The van der Waals surface area contributed by atoms with Crippen molar-refractivity contribution in [3.8, 4) is 5.75 Å². The molecule has 3 aromatic rings. The highest BCUT2D eigenvalue weighted by Gasteiger charge is 2.17. The van der Waals surface area contributed by atoms with Crippen LogP contribution in [0.4, 0.5) is 0 Å². The molecule has 0 saturated carbocycles. The van der Waals surface area contributed by atoms with Crippen LogP contribution in [0.1, 0.15) is 20.9 Å². The van der Waals surface area contributed by atoms with Gasteiger partial charge in [0.2, 0.25) is 5.78 Å². The Bertz CT molecular complexity index is 875. The van der Waals surface area contributed by atoms with Gasteiger partial charge in [0.15, 0.2) is 0 Å². The first kappa shape index (κ1) is 15.3. The molecule has 3 rings (SSSR count). The van der Waals surface area contributed by atoms with Gasteiger partial charge in [-0.2, -0.15) is 0 Å². The van der Waals surface area contributed by atoms with Crippen LogP contribution >= 0.6 is 35.3 Å². The molecular formula is C16H13NO2S3. The lowest BCUT2D eigenvalue weighted by molar-refractivity contribution is 0.104. The summed E-state index contributed by atoms with van der Waals surface area (Å²) in [5.41, 5.74) is 1.64. The smallest absolute Gasteiger partial charge is 0.203 e. The minimum atomic E-state index is -0.0412. The van der Waals surface area contributed by atoms with Crippen molar-refractivity contribution in [3.05, 3.63) is 52.5 Å². The number of aromatic hydroxyl groups is 1. The Morgan fingerprint density at radius 3 is 2.59 bits per heavy atom. The molecule has 0 atom stereocenters. The van der Waals surface area contributed by atoms with E-state index in [0.717, 1.165) is 20.2 Å². The summed E-state index contributed by atoms with van der Waals surface area (Å²) < 4.78 is 2.78. The SMILES string of the molecule is CSC(=S)n1c(C)cc2cc(C(=O)c3ccc(O)cc3)sc21. The van der Waals surface area contributed by atoms with Crippen LogP contribution in [0.3, 0.4) is 0 Å². The number of aryl methyl sites for hydroxylation is 1. The van der Waals surface area contributed by atoms with Gasteiger partial charge in [-0.3, -0.25) is 9.36 Å². The van der Waals surface area contributed by atoms with E-state index in [-0.39, 0.29) is 11.5 Å². The third-order valence-electron chi connectivity index (χ3n) is 3.37. The van der Waals surface area contributed by atoms with Gasteiger partial charge in [-0.15, -0.1) is 11.3 Å². The van der Waals surface area contributed by atoms with Crippen molar-refractivity contribution in [2.45, 2.75) is 6.92 Å². The molecule has 0 aliphatic carbocycles. The quantitative estimate of drug-likeness (QED) is 0.549. The van der Waals surface area contributed by atoms with Gasteiger partial charge in [0.1, 0.15) is 14.9 Å². The van der Waals surface area contributed by atoms with Crippen LogP contribution in [0.5, 0.6) is 5.75 Å². The highest BCUT2D eigenvalue weighted by molar-refractivity contribution is 8.22. The number of ketones is 1. The van der Waals surface area contributed by atoms with Gasteiger partial charge >= 0.3 is 0 Å². The van der Waals surface area contributed by atoms with E-state index >= 15 is 0 Å². The fraction of sp³-hybridized carbons (Fsp3) is 0.125. The number of benzene rings is 1. The minimum Gasteiger partial charge on any atom is -0.508 e. The number of aromatic nitrogens is 1. The zero-order chi connectivity index (χ0) is 15.9. The van der Waals surface area contributed by atoms with Crippen LogP contribution < -0.4 is 0 Å². The molecule has 22 heavy (non-hydrogen) atoms. The third kappa shape index (κ3) is 2.58. The van der Waals surface area contributed by atoms with E-state index in [2.05, 4.69) is 0 Å². The molecule has 0 bridgehead atoms. The molecule has 6 heteroatoms. The molecule has 0 aliphatic heterocycles. The average molecular weight is 347 g/mol. The van der Waals surface area contributed by atoms with E-state index in [0.29, 0.717) is 10.4 Å². The van der Waals surface area contributed by atoms with Crippen molar-refractivity contribution in [2.75, 3.05) is 6.26 Å². The molecule has 1 aromatic carbocycles. The Morgan fingerprint density at radius 1 is 1.27 bits per heavy atom. The molecule has 2 heterocycles. The van der Waals surface area contributed by atoms with Gasteiger partial charge in [0, 0.05) is 16.6 Å². The number of phenols is 1. The van der Waals surface area contributed by atoms with E-state index < -0.39 is 0 Å². The van der Waals surface area contributed by atoms with E-state index in [1.807, 2.05) is 29.9 Å². The number of thiocarbonyl (C=S) groups is 1. The third-order valence-corrected chi connectivity index (χ3v) is 5.72. The predicted molar refractivity (Wildman–Crippen MR) is 97.6 cm³/mol. The maximum atomic E-state index is 12.5. The normalized spacial score (nSPS) is 11.0. The number of hydrogen-bond donors (Lipinski definition) is 1. The molecule has 0 fully saturated rings. The minimum absolute atomic E-state index is 0.0412. The van der Waals surface area contributed by atoms with E-state index in [1.165, 1.54) is 35.2 Å². The molecule has 3 nitrogen and oxygen atoms in total. The number of rotatable bonds is 2. The van der Waals surface area contributed by atoms with Crippen LogP contribution in [0, 0.1) is 6.92 Å². The number of hydrogen-bond acceptors (Lipinski definition) is 5. The summed E-state index contributed by atoms with van der Waals surface area (Å²) in [7, 11) is 0. The molecule has 0 spiro atoms. The van der Waals surface area contributed by atoms with Gasteiger partial charge in [0.25, 0.3) is 0 Å². The number of nitrogens with zero attached hydrogens (tertiary/aromatic N) is 1. The van der Waals surface area contributed by atoms with Crippen molar-refractivity contribution in [1.82, 2.24) is 4.57 Å². The van der Waals surface area contributed by atoms with E-state index in [1.54, 1.807) is 12.1 Å². The molecule has 112 valence electrons. The van der Waals surface area contributed by atoms with Crippen molar-refractivity contribution < 1.29 is 9.90 Å². The van der Waals surface area contributed by atoms with Gasteiger partial charge in [-0.05, 0) is 49.6 Å². The predicted octanol–water partition coefficient (Wildman–Crippen LogP) is 4.44. The lowest BCUT2D eigenvalue weighted by Gasteiger charge is -2.05. The number of thiophene rings is 1. The Kier molecular flexibility index (Phi) is 4.08. The first-order valence-corrected chi connectivity index (χ1v) is 9.00. The largest absolute Gasteiger partial charge is 0.508 e. The zero-order valence-electron chi connectivity index (χ0n) is 12.0. The first-order valence-electron chi connectivity index (χ1n) is 6.55. The molecule has 0 amide bonds. The summed E-state index contributed by atoms with van der Waals surface area (Å²) in [6.07, 6.45) is 1.95. The molecule has 2 aromatic heterocycles.